The summed E-state index contributed by atoms with van der Waals surface area (Å²) in [5, 5.41) is 6.14. The van der Waals surface area contributed by atoms with E-state index in [0.717, 1.165) is 0 Å². The highest BCUT2D eigenvalue weighted by Crippen LogP contribution is 2.11. The lowest BCUT2D eigenvalue weighted by Gasteiger charge is -1.96. The van der Waals surface area contributed by atoms with Crippen LogP contribution in [-0.4, -0.2) is 25.9 Å². The zero-order valence-electron chi connectivity index (χ0n) is 7.14. The van der Waals surface area contributed by atoms with Crippen molar-refractivity contribution in [2.45, 2.75) is 0 Å². The van der Waals surface area contributed by atoms with E-state index in [1.165, 1.54) is 24.9 Å². The predicted molar refractivity (Wildman–Crippen MR) is 48.5 cm³/mol. The molecule has 2 aromatic rings. The lowest BCUT2D eigenvalue weighted by Crippen LogP contribution is -2.04. The van der Waals surface area contributed by atoms with Gasteiger partial charge in [-0.1, -0.05) is 0 Å². The van der Waals surface area contributed by atoms with Gasteiger partial charge in [-0.05, 0) is 0 Å². The largest absolute Gasteiger partial charge is 0.383 e. The molecular formula is C8H7N5O. The summed E-state index contributed by atoms with van der Waals surface area (Å²) in [6, 6.07) is 0. The molecule has 0 saturated carbocycles. The molecule has 2 rings (SSSR count). The van der Waals surface area contributed by atoms with Crippen molar-refractivity contribution in [3.63, 3.8) is 0 Å². The summed E-state index contributed by atoms with van der Waals surface area (Å²) in [6.07, 6.45) is 5.60. The van der Waals surface area contributed by atoms with E-state index < -0.39 is 0 Å². The minimum absolute atomic E-state index is 0.239. The van der Waals surface area contributed by atoms with Crippen LogP contribution < -0.4 is 5.73 Å². The monoisotopic (exact) mass is 189 g/mol. The van der Waals surface area contributed by atoms with E-state index >= 15 is 0 Å². The number of H-pyrrole nitrogens is 1. The average molecular weight is 189 g/mol. The quantitative estimate of drug-likeness (QED) is 0.648. The van der Waals surface area contributed by atoms with Gasteiger partial charge in [-0.15, -0.1) is 0 Å². The summed E-state index contributed by atoms with van der Waals surface area (Å²) < 4.78 is 0. The van der Waals surface area contributed by atoms with Gasteiger partial charge in [-0.25, -0.2) is 9.97 Å². The second kappa shape index (κ2) is 3.25. The van der Waals surface area contributed by atoms with Crippen molar-refractivity contribution in [2.24, 2.45) is 0 Å². The minimum Gasteiger partial charge on any atom is -0.383 e. The highest BCUT2D eigenvalue weighted by molar-refractivity contribution is 6.11. The number of hydrogen-bond acceptors (Lipinski definition) is 5. The first-order valence-electron chi connectivity index (χ1n) is 3.87. The molecule has 0 aromatic carbocycles. The van der Waals surface area contributed by atoms with Gasteiger partial charge in [-0.3, -0.25) is 9.89 Å². The molecule has 0 amide bonds. The van der Waals surface area contributed by atoms with Gasteiger partial charge in [0.15, 0.2) is 0 Å². The molecule has 0 aliphatic carbocycles. The van der Waals surface area contributed by atoms with E-state index in [0.29, 0.717) is 11.1 Å². The Hall–Kier alpha value is -2.24. The number of nitrogens with two attached hydrogens (primary N) is 1. The summed E-state index contributed by atoms with van der Waals surface area (Å²) in [5.41, 5.74) is 6.22. The number of anilines is 1. The zero-order valence-corrected chi connectivity index (χ0v) is 7.14. The van der Waals surface area contributed by atoms with E-state index in [1.54, 1.807) is 0 Å². The maximum atomic E-state index is 11.7. The number of nitrogens with one attached hydrogen (secondary N) is 1. The number of carbonyl (C=O) groups is 1. The van der Waals surface area contributed by atoms with Gasteiger partial charge in [0.2, 0.25) is 5.78 Å². The molecule has 0 atom stereocenters. The van der Waals surface area contributed by atoms with Crippen LogP contribution in [0.25, 0.3) is 0 Å². The van der Waals surface area contributed by atoms with Crippen LogP contribution in [0.15, 0.2) is 24.9 Å². The van der Waals surface area contributed by atoms with E-state index in [-0.39, 0.29) is 11.6 Å². The summed E-state index contributed by atoms with van der Waals surface area (Å²) in [7, 11) is 0. The molecule has 0 fully saturated rings. The fraction of sp³-hybridized carbons (Fsp3) is 0. The minimum atomic E-state index is -0.239. The highest BCUT2D eigenvalue weighted by atomic mass is 16.1. The number of carbonyl (C=O) groups excluding carboxylic acids is 1. The Morgan fingerprint density at radius 1 is 1.29 bits per heavy atom. The first kappa shape index (κ1) is 8.36. The van der Waals surface area contributed by atoms with Crippen LogP contribution in [0.4, 0.5) is 5.82 Å². The zero-order chi connectivity index (χ0) is 9.97. The fourth-order valence-corrected chi connectivity index (χ4v) is 1.05. The molecule has 0 spiro atoms. The Labute approximate surface area is 79.2 Å². The molecule has 0 aliphatic rings. The fourth-order valence-electron chi connectivity index (χ4n) is 1.05. The van der Waals surface area contributed by atoms with Crippen molar-refractivity contribution in [3.05, 3.63) is 36.0 Å². The highest BCUT2D eigenvalue weighted by Gasteiger charge is 2.13. The molecule has 0 bridgehead atoms. The van der Waals surface area contributed by atoms with Crippen molar-refractivity contribution < 1.29 is 4.79 Å². The standard InChI is InChI=1S/C8H7N5O/c9-8-6(3-12-13-8)7(14)5-1-10-4-11-2-5/h1-4H,(H3,9,12,13). The predicted octanol–water partition coefficient (Wildman–Crippen LogP) is 0.0129. The van der Waals surface area contributed by atoms with E-state index in [2.05, 4.69) is 20.2 Å². The summed E-state index contributed by atoms with van der Waals surface area (Å²) >= 11 is 0. The number of nitrogens with zero attached hydrogens (tertiary/aromatic N) is 3. The molecule has 2 aromatic heterocycles. The van der Waals surface area contributed by atoms with Gasteiger partial charge in [0, 0.05) is 12.4 Å². The molecule has 0 saturated heterocycles. The van der Waals surface area contributed by atoms with Gasteiger partial charge in [-0.2, -0.15) is 5.10 Å². The number of ketones is 1. The van der Waals surface area contributed by atoms with Crippen molar-refractivity contribution in [2.75, 3.05) is 5.73 Å². The lowest BCUT2D eigenvalue weighted by atomic mass is 10.1. The van der Waals surface area contributed by atoms with Crippen LogP contribution in [0.3, 0.4) is 0 Å². The Balaban J connectivity index is 2.39. The molecule has 3 N–H and O–H groups in total. The second-order valence-electron chi connectivity index (χ2n) is 2.65. The SMILES string of the molecule is Nc1[nH]ncc1C(=O)c1cncnc1. The van der Waals surface area contributed by atoms with E-state index in [4.69, 9.17) is 5.73 Å². The Morgan fingerprint density at radius 3 is 2.57 bits per heavy atom. The van der Waals surface area contributed by atoms with Crippen LogP contribution >= 0.6 is 0 Å². The van der Waals surface area contributed by atoms with Gasteiger partial charge >= 0.3 is 0 Å². The second-order valence-corrected chi connectivity index (χ2v) is 2.65. The molecule has 0 radical (unpaired) electrons. The van der Waals surface area contributed by atoms with Crippen LogP contribution in [-0.2, 0) is 0 Å². The number of nitrogen functional groups attached to an aromatic ring is 1. The molecule has 6 nitrogen and oxygen atoms in total. The van der Waals surface area contributed by atoms with Crippen LogP contribution in [0, 0.1) is 0 Å². The molecular weight excluding hydrogens is 182 g/mol. The maximum absolute atomic E-state index is 11.7. The summed E-state index contributed by atoms with van der Waals surface area (Å²) in [5.74, 6) is 0.00991. The first-order chi connectivity index (χ1) is 6.79. The van der Waals surface area contributed by atoms with E-state index in [9.17, 15) is 4.79 Å². The van der Waals surface area contributed by atoms with Gasteiger partial charge < -0.3 is 5.73 Å². The van der Waals surface area contributed by atoms with Gasteiger partial charge in [0.25, 0.3) is 0 Å². The van der Waals surface area contributed by atoms with Gasteiger partial charge in [0.1, 0.15) is 12.1 Å². The number of aromatic nitrogens is 4. The van der Waals surface area contributed by atoms with Crippen molar-refractivity contribution in [3.8, 4) is 0 Å². The Bertz CT molecular complexity index is 450. The number of rotatable bonds is 2. The smallest absolute Gasteiger partial charge is 0.201 e. The topological polar surface area (TPSA) is 97.6 Å². The number of hydrogen-bond donors (Lipinski definition) is 2. The summed E-state index contributed by atoms with van der Waals surface area (Å²) in [6.45, 7) is 0. The lowest BCUT2D eigenvalue weighted by molar-refractivity contribution is 0.103. The molecule has 0 aliphatic heterocycles. The molecule has 14 heavy (non-hydrogen) atoms. The average Bonchev–Trinajstić information content (AvgIpc) is 2.65. The third-order valence-electron chi connectivity index (χ3n) is 1.74. The molecule has 70 valence electrons. The first-order valence-corrected chi connectivity index (χ1v) is 3.87. The third-order valence-corrected chi connectivity index (χ3v) is 1.74. The molecule has 0 unspecified atom stereocenters. The third kappa shape index (κ3) is 1.33. The van der Waals surface area contributed by atoms with Crippen molar-refractivity contribution in [1.29, 1.82) is 0 Å². The summed E-state index contributed by atoms with van der Waals surface area (Å²) in [4.78, 5) is 19.2. The van der Waals surface area contributed by atoms with Crippen LogP contribution in [0.1, 0.15) is 15.9 Å². The van der Waals surface area contributed by atoms with Crippen LogP contribution in [0.5, 0.6) is 0 Å². The number of aromatic amines is 1. The van der Waals surface area contributed by atoms with Crippen molar-refractivity contribution in [1.82, 2.24) is 20.2 Å². The normalized spacial score (nSPS) is 10.0. The molecule has 6 heteroatoms. The molecule has 2 heterocycles. The maximum Gasteiger partial charge on any atom is 0.201 e. The van der Waals surface area contributed by atoms with E-state index in [1.807, 2.05) is 0 Å². The van der Waals surface area contributed by atoms with Crippen molar-refractivity contribution >= 4 is 11.6 Å². The Kier molecular flexibility index (Phi) is 1.94. The van der Waals surface area contributed by atoms with Crippen LogP contribution in [0.2, 0.25) is 0 Å². The van der Waals surface area contributed by atoms with Gasteiger partial charge in [0.05, 0.1) is 17.3 Å². The Morgan fingerprint density at radius 2 is 2.00 bits per heavy atom.